The summed E-state index contributed by atoms with van der Waals surface area (Å²) in [5.74, 6) is 0. The van der Waals surface area contributed by atoms with E-state index in [0.29, 0.717) is 6.61 Å². The van der Waals surface area contributed by atoms with Gasteiger partial charge in [0.05, 0.1) is 12.7 Å². The van der Waals surface area contributed by atoms with Crippen LogP contribution in [0, 0.1) is 18.3 Å². The van der Waals surface area contributed by atoms with Crippen LogP contribution in [0.25, 0.3) is 6.08 Å². The third kappa shape index (κ3) is 6.08. The molecule has 1 aromatic rings. The van der Waals surface area contributed by atoms with Gasteiger partial charge in [0.2, 0.25) is 10.0 Å². The van der Waals surface area contributed by atoms with E-state index >= 15 is 0 Å². The standard InChI is InChI=1S/C15H20N2O3S/c1-14-4-6-15(7-5-14)8-13-21(18,19)17(10-3-9-16)11-12-20-2/h4-8,13H,3,10-12H2,1-2H3/b13-8-. The fraction of sp³-hybridized carbons (Fsp3) is 0.400. The normalized spacial score (nSPS) is 11.9. The summed E-state index contributed by atoms with van der Waals surface area (Å²) < 4.78 is 30.7. The van der Waals surface area contributed by atoms with Crippen molar-refractivity contribution in [1.29, 1.82) is 5.26 Å². The highest BCUT2D eigenvalue weighted by molar-refractivity contribution is 7.92. The molecule has 0 aliphatic carbocycles. The minimum absolute atomic E-state index is 0.154. The second-order valence-corrected chi connectivity index (χ2v) is 6.38. The van der Waals surface area contributed by atoms with Gasteiger partial charge in [0, 0.05) is 32.0 Å². The summed E-state index contributed by atoms with van der Waals surface area (Å²) in [6.45, 7) is 2.67. The monoisotopic (exact) mass is 308 g/mol. The zero-order chi connectivity index (χ0) is 15.7. The number of methoxy groups -OCH3 is 1. The first-order valence-electron chi connectivity index (χ1n) is 6.60. The maximum Gasteiger partial charge on any atom is 0.236 e. The van der Waals surface area contributed by atoms with E-state index in [0.717, 1.165) is 11.1 Å². The van der Waals surface area contributed by atoms with Gasteiger partial charge in [0.25, 0.3) is 0 Å². The maximum absolute atomic E-state index is 12.3. The van der Waals surface area contributed by atoms with Crippen molar-refractivity contribution < 1.29 is 13.2 Å². The van der Waals surface area contributed by atoms with Gasteiger partial charge in [0.15, 0.2) is 0 Å². The topological polar surface area (TPSA) is 70.4 Å². The predicted octanol–water partition coefficient (Wildman–Crippen LogP) is 2.16. The van der Waals surface area contributed by atoms with Crippen LogP contribution in [-0.4, -0.2) is 39.5 Å². The third-order valence-electron chi connectivity index (χ3n) is 2.89. The number of nitriles is 1. The summed E-state index contributed by atoms with van der Waals surface area (Å²) in [6, 6.07) is 9.51. The number of ether oxygens (including phenoxy) is 1. The molecule has 114 valence electrons. The molecule has 0 aliphatic rings. The number of hydrogen-bond acceptors (Lipinski definition) is 4. The molecule has 5 nitrogen and oxygen atoms in total. The minimum atomic E-state index is -3.55. The summed E-state index contributed by atoms with van der Waals surface area (Å²) in [6.07, 6.45) is 1.71. The molecule has 0 aromatic heterocycles. The Kier molecular flexibility index (Phi) is 7.09. The van der Waals surface area contributed by atoms with Crippen LogP contribution in [0.1, 0.15) is 17.5 Å². The highest BCUT2D eigenvalue weighted by atomic mass is 32.2. The van der Waals surface area contributed by atoms with Crippen LogP contribution in [0.4, 0.5) is 0 Å². The Labute approximate surface area is 126 Å². The second-order valence-electron chi connectivity index (χ2n) is 4.56. The molecule has 0 radical (unpaired) electrons. The fourth-order valence-electron chi connectivity index (χ4n) is 1.66. The van der Waals surface area contributed by atoms with E-state index in [-0.39, 0.29) is 19.5 Å². The van der Waals surface area contributed by atoms with Gasteiger partial charge < -0.3 is 4.74 Å². The average Bonchev–Trinajstić information content (AvgIpc) is 2.46. The summed E-state index contributed by atoms with van der Waals surface area (Å²) in [5.41, 5.74) is 1.93. The van der Waals surface area contributed by atoms with Crippen LogP contribution in [0.2, 0.25) is 0 Å². The van der Waals surface area contributed by atoms with Gasteiger partial charge in [-0.15, -0.1) is 0 Å². The Balaban J connectivity index is 2.84. The van der Waals surface area contributed by atoms with Crippen molar-refractivity contribution in [3.05, 3.63) is 40.8 Å². The number of hydrogen-bond donors (Lipinski definition) is 0. The van der Waals surface area contributed by atoms with Crippen LogP contribution >= 0.6 is 0 Å². The molecule has 0 bridgehead atoms. The summed E-state index contributed by atoms with van der Waals surface area (Å²) in [7, 11) is -2.04. The summed E-state index contributed by atoms with van der Waals surface area (Å²) in [4.78, 5) is 0. The van der Waals surface area contributed by atoms with E-state index in [9.17, 15) is 8.42 Å². The Hall–Kier alpha value is -1.68. The highest BCUT2D eigenvalue weighted by Crippen LogP contribution is 2.10. The zero-order valence-electron chi connectivity index (χ0n) is 12.3. The lowest BCUT2D eigenvalue weighted by molar-refractivity contribution is 0.180. The SMILES string of the molecule is COCCN(CCC#N)S(=O)(=O)/C=C\c1ccc(C)cc1. The van der Waals surface area contributed by atoms with Gasteiger partial charge in [-0.05, 0) is 18.6 Å². The largest absolute Gasteiger partial charge is 0.383 e. The van der Waals surface area contributed by atoms with Crippen molar-refractivity contribution in [1.82, 2.24) is 4.31 Å². The van der Waals surface area contributed by atoms with Gasteiger partial charge in [-0.2, -0.15) is 9.57 Å². The molecular weight excluding hydrogens is 288 g/mol. The van der Waals surface area contributed by atoms with E-state index in [1.807, 2.05) is 37.3 Å². The molecule has 0 aliphatic heterocycles. The van der Waals surface area contributed by atoms with Crippen LogP contribution in [0.15, 0.2) is 29.7 Å². The number of benzene rings is 1. The van der Waals surface area contributed by atoms with Gasteiger partial charge in [0.1, 0.15) is 0 Å². The first kappa shape index (κ1) is 17.4. The molecule has 0 spiro atoms. The number of sulfonamides is 1. The molecule has 0 atom stereocenters. The summed E-state index contributed by atoms with van der Waals surface area (Å²) >= 11 is 0. The van der Waals surface area contributed by atoms with E-state index in [1.165, 1.54) is 16.8 Å². The van der Waals surface area contributed by atoms with Crippen LogP contribution in [0.5, 0.6) is 0 Å². The van der Waals surface area contributed by atoms with Crippen molar-refractivity contribution >= 4 is 16.1 Å². The fourth-order valence-corrected chi connectivity index (χ4v) is 2.84. The lowest BCUT2D eigenvalue weighted by Crippen LogP contribution is -2.33. The molecule has 21 heavy (non-hydrogen) atoms. The molecular formula is C15H20N2O3S. The van der Waals surface area contributed by atoms with Crippen molar-refractivity contribution in [2.75, 3.05) is 26.8 Å². The molecule has 0 amide bonds. The lowest BCUT2D eigenvalue weighted by Gasteiger charge is -2.18. The quantitative estimate of drug-likeness (QED) is 0.738. The number of aryl methyl sites for hydroxylation is 1. The van der Waals surface area contributed by atoms with Crippen LogP contribution in [0.3, 0.4) is 0 Å². The summed E-state index contributed by atoms with van der Waals surface area (Å²) in [5, 5.41) is 9.79. The van der Waals surface area contributed by atoms with E-state index in [2.05, 4.69) is 0 Å². The lowest BCUT2D eigenvalue weighted by atomic mass is 10.2. The Morgan fingerprint density at radius 2 is 1.95 bits per heavy atom. The Morgan fingerprint density at radius 3 is 2.52 bits per heavy atom. The first-order chi connectivity index (χ1) is 9.99. The zero-order valence-corrected chi connectivity index (χ0v) is 13.1. The van der Waals surface area contributed by atoms with Gasteiger partial charge in [-0.3, -0.25) is 0 Å². The molecule has 0 saturated carbocycles. The molecule has 0 unspecified atom stereocenters. The smallest absolute Gasteiger partial charge is 0.236 e. The first-order valence-corrected chi connectivity index (χ1v) is 8.10. The van der Waals surface area contributed by atoms with E-state index in [4.69, 9.17) is 10.00 Å². The van der Waals surface area contributed by atoms with Gasteiger partial charge >= 0.3 is 0 Å². The minimum Gasteiger partial charge on any atom is -0.383 e. The Morgan fingerprint density at radius 1 is 1.29 bits per heavy atom. The van der Waals surface area contributed by atoms with E-state index in [1.54, 1.807) is 6.08 Å². The van der Waals surface area contributed by atoms with Crippen molar-refractivity contribution in [3.63, 3.8) is 0 Å². The maximum atomic E-state index is 12.3. The molecule has 6 heteroatoms. The second kappa shape index (κ2) is 8.57. The third-order valence-corrected chi connectivity index (χ3v) is 4.45. The molecule has 0 heterocycles. The number of nitrogens with zero attached hydrogens (tertiary/aromatic N) is 2. The van der Waals surface area contributed by atoms with Crippen LogP contribution < -0.4 is 0 Å². The van der Waals surface area contributed by atoms with Crippen molar-refractivity contribution in [2.45, 2.75) is 13.3 Å². The van der Waals surface area contributed by atoms with Gasteiger partial charge in [-0.25, -0.2) is 8.42 Å². The average molecular weight is 308 g/mol. The molecule has 0 fully saturated rings. The Bertz CT molecular complexity index is 601. The predicted molar refractivity (Wildman–Crippen MR) is 82.8 cm³/mol. The van der Waals surface area contributed by atoms with Crippen LogP contribution in [-0.2, 0) is 14.8 Å². The van der Waals surface area contributed by atoms with Crippen molar-refractivity contribution in [2.24, 2.45) is 0 Å². The van der Waals surface area contributed by atoms with E-state index < -0.39 is 10.0 Å². The van der Waals surface area contributed by atoms with Gasteiger partial charge in [-0.1, -0.05) is 29.8 Å². The number of rotatable bonds is 8. The molecule has 0 N–H and O–H groups in total. The molecule has 1 rings (SSSR count). The molecule has 0 saturated heterocycles. The molecule has 1 aromatic carbocycles. The highest BCUT2D eigenvalue weighted by Gasteiger charge is 2.18. The van der Waals surface area contributed by atoms with Crippen molar-refractivity contribution in [3.8, 4) is 6.07 Å².